The highest BCUT2D eigenvalue weighted by molar-refractivity contribution is 9.10. The molecular formula is C13H17BrN4S. The Morgan fingerprint density at radius 1 is 1.42 bits per heavy atom. The summed E-state index contributed by atoms with van der Waals surface area (Å²) in [5, 5.41) is 8.35. The summed E-state index contributed by atoms with van der Waals surface area (Å²) < 4.78 is 2.87. The molecule has 2 rings (SSSR count). The van der Waals surface area contributed by atoms with Crippen LogP contribution in [0.15, 0.2) is 39.1 Å². The van der Waals surface area contributed by atoms with Crippen LogP contribution in [0.3, 0.4) is 0 Å². The average molecular weight is 341 g/mol. The van der Waals surface area contributed by atoms with Crippen molar-refractivity contribution in [2.75, 3.05) is 6.54 Å². The van der Waals surface area contributed by atoms with E-state index >= 15 is 0 Å². The van der Waals surface area contributed by atoms with Gasteiger partial charge in [0.15, 0.2) is 5.16 Å². The molecule has 6 heteroatoms. The van der Waals surface area contributed by atoms with Gasteiger partial charge in [-0.1, -0.05) is 13.0 Å². The summed E-state index contributed by atoms with van der Waals surface area (Å²) in [6.07, 6.45) is 2.72. The number of benzene rings is 1. The summed E-state index contributed by atoms with van der Waals surface area (Å²) in [6, 6.07) is 6.42. The predicted molar refractivity (Wildman–Crippen MR) is 81.3 cm³/mol. The molecule has 19 heavy (non-hydrogen) atoms. The van der Waals surface area contributed by atoms with Gasteiger partial charge in [0, 0.05) is 23.0 Å². The van der Waals surface area contributed by atoms with Gasteiger partial charge in [-0.3, -0.25) is 0 Å². The van der Waals surface area contributed by atoms with Crippen molar-refractivity contribution in [2.45, 2.75) is 29.9 Å². The molecule has 1 N–H and O–H groups in total. The van der Waals surface area contributed by atoms with Crippen molar-refractivity contribution >= 4 is 27.7 Å². The first-order valence-electron chi connectivity index (χ1n) is 6.21. The van der Waals surface area contributed by atoms with Crippen LogP contribution in [0.25, 0.3) is 0 Å². The lowest BCUT2D eigenvalue weighted by molar-refractivity contribution is 0.675. The van der Waals surface area contributed by atoms with Gasteiger partial charge in [-0.2, -0.15) is 5.10 Å². The third-order valence-electron chi connectivity index (χ3n) is 2.62. The maximum Gasteiger partial charge on any atom is 0.190 e. The lowest BCUT2D eigenvalue weighted by Crippen LogP contribution is -2.13. The number of rotatable bonds is 6. The van der Waals surface area contributed by atoms with Gasteiger partial charge in [-0.15, -0.1) is 0 Å². The fourth-order valence-electron chi connectivity index (χ4n) is 1.62. The topological polar surface area (TPSA) is 42.7 Å². The molecule has 2 aromatic rings. The van der Waals surface area contributed by atoms with Crippen LogP contribution in [0.4, 0.5) is 0 Å². The number of hydrogen-bond donors (Lipinski definition) is 1. The van der Waals surface area contributed by atoms with Gasteiger partial charge in [0.1, 0.15) is 6.33 Å². The molecule has 102 valence electrons. The third kappa shape index (κ3) is 4.06. The molecule has 1 heterocycles. The van der Waals surface area contributed by atoms with Crippen LogP contribution >= 0.6 is 27.7 Å². The Balaban J connectivity index is 2.05. The molecule has 0 bridgehead atoms. The van der Waals surface area contributed by atoms with Crippen LogP contribution < -0.4 is 5.32 Å². The first-order chi connectivity index (χ1) is 9.20. The van der Waals surface area contributed by atoms with E-state index in [0.717, 1.165) is 34.0 Å². The highest BCUT2D eigenvalue weighted by Crippen LogP contribution is 2.32. The number of nitrogens with zero attached hydrogens (tertiary/aromatic N) is 3. The van der Waals surface area contributed by atoms with E-state index in [-0.39, 0.29) is 0 Å². The van der Waals surface area contributed by atoms with E-state index in [9.17, 15) is 0 Å². The molecule has 0 radical (unpaired) electrons. The summed E-state index contributed by atoms with van der Waals surface area (Å²) >= 11 is 5.23. The van der Waals surface area contributed by atoms with Crippen LogP contribution in [0.5, 0.6) is 0 Å². The van der Waals surface area contributed by atoms with Gasteiger partial charge in [0.25, 0.3) is 0 Å². The molecule has 0 aliphatic carbocycles. The minimum Gasteiger partial charge on any atom is -0.313 e. The molecular weight excluding hydrogens is 324 g/mol. The van der Waals surface area contributed by atoms with E-state index in [1.807, 2.05) is 7.05 Å². The van der Waals surface area contributed by atoms with E-state index in [1.54, 1.807) is 22.8 Å². The Hall–Kier alpha value is -0.850. The fraction of sp³-hybridized carbons (Fsp3) is 0.385. The summed E-state index contributed by atoms with van der Waals surface area (Å²) in [5.74, 6) is 0. The highest BCUT2D eigenvalue weighted by Gasteiger charge is 2.07. The van der Waals surface area contributed by atoms with E-state index in [1.165, 1.54) is 5.56 Å². The molecule has 0 spiro atoms. The minimum atomic E-state index is 0.887. The standard InChI is InChI=1S/C13H17BrN4S/c1-3-6-15-8-10-4-5-12(11(14)7-10)19-13-16-9-17-18(13)2/h4-5,7,9,15H,3,6,8H2,1-2H3. The molecule has 1 aromatic heterocycles. The van der Waals surface area contributed by atoms with Gasteiger partial charge >= 0.3 is 0 Å². The summed E-state index contributed by atoms with van der Waals surface area (Å²) in [6.45, 7) is 4.12. The first kappa shape index (κ1) is 14.6. The Labute approximate surface area is 126 Å². The molecule has 0 unspecified atom stereocenters. The highest BCUT2D eigenvalue weighted by atomic mass is 79.9. The first-order valence-corrected chi connectivity index (χ1v) is 7.82. The number of halogens is 1. The molecule has 0 aliphatic rings. The van der Waals surface area contributed by atoms with Gasteiger partial charge in [0.2, 0.25) is 0 Å². The van der Waals surface area contributed by atoms with Crippen molar-refractivity contribution in [3.63, 3.8) is 0 Å². The number of nitrogens with one attached hydrogen (secondary N) is 1. The zero-order valence-electron chi connectivity index (χ0n) is 11.1. The SMILES string of the molecule is CCCNCc1ccc(Sc2ncnn2C)c(Br)c1. The summed E-state index contributed by atoms with van der Waals surface area (Å²) in [7, 11) is 1.90. The second-order valence-electron chi connectivity index (χ2n) is 4.21. The summed E-state index contributed by atoms with van der Waals surface area (Å²) in [5.41, 5.74) is 1.28. The zero-order valence-corrected chi connectivity index (χ0v) is 13.5. The van der Waals surface area contributed by atoms with Gasteiger partial charge in [0.05, 0.1) is 0 Å². The second-order valence-corrected chi connectivity index (χ2v) is 6.07. The third-order valence-corrected chi connectivity index (χ3v) is 4.67. The van der Waals surface area contributed by atoms with Crippen molar-refractivity contribution in [3.8, 4) is 0 Å². The molecule has 0 saturated carbocycles. The van der Waals surface area contributed by atoms with Crippen molar-refractivity contribution in [3.05, 3.63) is 34.6 Å². The minimum absolute atomic E-state index is 0.887. The number of hydrogen-bond acceptors (Lipinski definition) is 4. The number of aryl methyl sites for hydroxylation is 1. The van der Waals surface area contributed by atoms with E-state index in [0.29, 0.717) is 0 Å². The zero-order chi connectivity index (χ0) is 13.7. The lowest BCUT2D eigenvalue weighted by Gasteiger charge is -2.07. The van der Waals surface area contributed by atoms with Crippen LogP contribution in [-0.4, -0.2) is 21.3 Å². The predicted octanol–water partition coefficient (Wildman–Crippen LogP) is 3.23. The van der Waals surface area contributed by atoms with Crippen molar-refractivity contribution in [1.29, 1.82) is 0 Å². The smallest absolute Gasteiger partial charge is 0.190 e. The maximum atomic E-state index is 4.22. The van der Waals surface area contributed by atoms with Crippen molar-refractivity contribution in [1.82, 2.24) is 20.1 Å². The molecule has 0 atom stereocenters. The van der Waals surface area contributed by atoms with Crippen LogP contribution in [0, 0.1) is 0 Å². The fourth-order valence-corrected chi connectivity index (χ4v) is 3.06. The molecule has 4 nitrogen and oxygen atoms in total. The van der Waals surface area contributed by atoms with Crippen LogP contribution in [0.1, 0.15) is 18.9 Å². The van der Waals surface area contributed by atoms with Gasteiger partial charge in [-0.25, -0.2) is 9.67 Å². The number of aromatic nitrogens is 3. The Morgan fingerprint density at radius 3 is 2.89 bits per heavy atom. The summed E-state index contributed by atoms with van der Waals surface area (Å²) in [4.78, 5) is 5.37. The normalized spacial score (nSPS) is 10.9. The van der Waals surface area contributed by atoms with E-state index < -0.39 is 0 Å². The Morgan fingerprint density at radius 2 is 2.26 bits per heavy atom. The van der Waals surface area contributed by atoms with Crippen LogP contribution in [-0.2, 0) is 13.6 Å². The molecule has 0 amide bonds. The van der Waals surface area contributed by atoms with Crippen molar-refractivity contribution in [2.24, 2.45) is 7.05 Å². The Bertz CT molecular complexity index is 541. The van der Waals surface area contributed by atoms with Gasteiger partial charge in [-0.05, 0) is 58.4 Å². The molecule has 0 saturated heterocycles. The van der Waals surface area contributed by atoms with E-state index in [2.05, 4.69) is 56.5 Å². The second kappa shape index (κ2) is 7.07. The average Bonchev–Trinajstić information content (AvgIpc) is 2.79. The molecule has 0 fully saturated rings. The van der Waals surface area contributed by atoms with Crippen molar-refractivity contribution < 1.29 is 0 Å². The lowest BCUT2D eigenvalue weighted by atomic mass is 10.2. The molecule has 0 aliphatic heterocycles. The van der Waals surface area contributed by atoms with Gasteiger partial charge < -0.3 is 5.32 Å². The Kier molecular flexibility index (Phi) is 5.42. The maximum absolute atomic E-state index is 4.22. The van der Waals surface area contributed by atoms with Crippen LogP contribution in [0.2, 0.25) is 0 Å². The quantitative estimate of drug-likeness (QED) is 0.820. The monoisotopic (exact) mass is 340 g/mol. The molecule has 1 aromatic carbocycles. The largest absolute Gasteiger partial charge is 0.313 e. The van der Waals surface area contributed by atoms with E-state index in [4.69, 9.17) is 0 Å².